The van der Waals surface area contributed by atoms with Gasteiger partial charge < -0.3 is 11.1 Å². The molecule has 1 aromatic carbocycles. The van der Waals surface area contributed by atoms with Gasteiger partial charge in [-0.25, -0.2) is 0 Å². The molecule has 0 radical (unpaired) electrons. The lowest BCUT2D eigenvalue weighted by atomic mass is 9.98. The molecule has 0 aromatic heterocycles. The Kier molecular flexibility index (Phi) is 21.4. The molecular formula is C33H58N2O. The lowest BCUT2D eigenvalue weighted by molar-refractivity contribution is -0.122. The molecule has 3 heteroatoms. The molecule has 2 atom stereocenters. The molecule has 3 nitrogen and oxygen atoms in total. The van der Waals surface area contributed by atoms with E-state index in [1.807, 2.05) is 18.2 Å². The topological polar surface area (TPSA) is 55.1 Å². The second-order valence-electron chi connectivity index (χ2n) is 10.7. The monoisotopic (exact) mass is 498 g/mol. The molecule has 0 heterocycles. The number of carbonyl (C=O) groups excluding carboxylic acids is 1. The third-order valence-corrected chi connectivity index (χ3v) is 7.28. The van der Waals surface area contributed by atoms with Crippen LogP contribution in [0, 0.1) is 0 Å². The molecule has 0 bridgehead atoms. The molecule has 2 unspecified atom stereocenters. The van der Waals surface area contributed by atoms with Crippen LogP contribution in [0.15, 0.2) is 42.5 Å². The molecule has 3 N–H and O–H groups in total. The van der Waals surface area contributed by atoms with E-state index in [4.69, 9.17) is 5.73 Å². The van der Waals surface area contributed by atoms with E-state index in [0.29, 0.717) is 6.42 Å². The Labute approximate surface area is 224 Å². The summed E-state index contributed by atoms with van der Waals surface area (Å²) >= 11 is 0. The molecule has 0 aliphatic heterocycles. The maximum atomic E-state index is 12.4. The lowest BCUT2D eigenvalue weighted by Crippen LogP contribution is -2.48. The maximum Gasteiger partial charge on any atom is 0.220 e. The van der Waals surface area contributed by atoms with Gasteiger partial charge >= 0.3 is 0 Å². The zero-order chi connectivity index (χ0) is 26.1. The van der Waals surface area contributed by atoms with Crippen molar-refractivity contribution in [3.05, 3.63) is 48.0 Å². The molecule has 0 spiro atoms. The van der Waals surface area contributed by atoms with Gasteiger partial charge in [-0.2, -0.15) is 0 Å². The van der Waals surface area contributed by atoms with Crippen molar-refractivity contribution in [2.75, 3.05) is 0 Å². The summed E-state index contributed by atoms with van der Waals surface area (Å²) in [6.45, 7) is 4.38. The molecule has 0 aliphatic rings. The van der Waals surface area contributed by atoms with E-state index in [-0.39, 0.29) is 18.0 Å². The zero-order valence-electron chi connectivity index (χ0n) is 23.8. The number of unbranched alkanes of at least 4 members (excludes halogenated alkanes) is 15. The Balaban J connectivity index is 1.90. The van der Waals surface area contributed by atoms with E-state index in [1.54, 1.807) is 0 Å². The summed E-state index contributed by atoms with van der Waals surface area (Å²) in [7, 11) is 0. The van der Waals surface area contributed by atoms with Crippen LogP contribution in [-0.4, -0.2) is 18.0 Å². The summed E-state index contributed by atoms with van der Waals surface area (Å²) in [5.41, 5.74) is 7.62. The Bertz CT molecular complexity index is 642. The number of amides is 1. The predicted molar refractivity (Wildman–Crippen MR) is 158 cm³/mol. The zero-order valence-corrected chi connectivity index (χ0v) is 23.8. The van der Waals surface area contributed by atoms with Crippen molar-refractivity contribution in [1.29, 1.82) is 0 Å². The summed E-state index contributed by atoms with van der Waals surface area (Å²) in [4.78, 5) is 12.4. The van der Waals surface area contributed by atoms with Gasteiger partial charge in [-0.3, -0.25) is 4.79 Å². The van der Waals surface area contributed by atoms with Gasteiger partial charge in [-0.05, 0) is 50.5 Å². The molecule has 1 rings (SSSR count). The fourth-order valence-corrected chi connectivity index (χ4v) is 4.88. The van der Waals surface area contributed by atoms with Gasteiger partial charge in [0, 0.05) is 18.5 Å². The van der Waals surface area contributed by atoms with E-state index in [9.17, 15) is 4.79 Å². The normalized spacial score (nSPS) is 13.2. The van der Waals surface area contributed by atoms with Gasteiger partial charge in [-0.15, -0.1) is 0 Å². The van der Waals surface area contributed by atoms with E-state index >= 15 is 0 Å². The number of hydrogen-bond donors (Lipinski definition) is 2. The number of nitrogens with one attached hydrogen (secondary N) is 1. The van der Waals surface area contributed by atoms with Gasteiger partial charge in [0.1, 0.15) is 0 Å². The lowest BCUT2D eigenvalue weighted by Gasteiger charge is -2.24. The number of benzene rings is 1. The van der Waals surface area contributed by atoms with Crippen LogP contribution in [0.3, 0.4) is 0 Å². The van der Waals surface area contributed by atoms with Crippen molar-refractivity contribution < 1.29 is 4.79 Å². The molecular weight excluding hydrogens is 440 g/mol. The van der Waals surface area contributed by atoms with Gasteiger partial charge in [0.05, 0.1) is 0 Å². The standard InChI is InChI=1S/C33H58N2O/c1-3-5-6-7-8-9-10-11-12-13-14-15-16-17-18-19-20-21-25-28-33(36)35-32(4-2)31(34)29-30-26-23-22-24-27-30/h11-12,22-24,26-27,31-32H,3-10,13-21,25,28-29,34H2,1-2H3,(H,35,36)/b12-11-. The molecule has 0 fully saturated rings. The van der Waals surface area contributed by atoms with Gasteiger partial charge in [0.15, 0.2) is 0 Å². The third-order valence-electron chi connectivity index (χ3n) is 7.28. The maximum absolute atomic E-state index is 12.4. The molecule has 0 saturated heterocycles. The summed E-state index contributed by atoms with van der Waals surface area (Å²) in [6.07, 6.45) is 29.5. The van der Waals surface area contributed by atoms with Crippen molar-refractivity contribution in [3.8, 4) is 0 Å². The Hall–Kier alpha value is -1.61. The van der Waals surface area contributed by atoms with E-state index in [1.165, 1.54) is 102 Å². The molecule has 0 aliphatic carbocycles. The minimum Gasteiger partial charge on any atom is -0.352 e. The van der Waals surface area contributed by atoms with Gasteiger partial charge in [0.25, 0.3) is 0 Å². The average molecular weight is 499 g/mol. The summed E-state index contributed by atoms with van der Waals surface area (Å²) < 4.78 is 0. The second kappa shape index (κ2) is 23.8. The highest BCUT2D eigenvalue weighted by Gasteiger charge is 2.18. The van der Waals surface area contributed by atoms with Crippen LogP contribution in [0.1, 0.15) is 141 Å². The Morgan fingerprint density at radius 1 is 0.750 bits per heavy atom. The predicted octanol–water partition coefficient (Wildman–Crippen LogP) is 9.05. The number of nitrogens with two attached hydrogens (primary N) is 1. The van der Waals surface area contributed by atoms with Crippen molar-refractivity contribution in [2.24, 2.45) is 5.73 Å². The van der Waals surface area contributed by atoms with Crippen LogP contribution in [0.4, 0.5) is 0 Å². The van der Waals surface area contributed by atoms with E-state index in [0.717, 1.165) is 25.7 Å². The first-order valence-electron chi connectivity index (χ1n) is 15.4. The number of hydrogen-bond acceptors (Lipinski definition) is 2. The quantitative estimate of drug-likeness (QED) is 0.110. The van der Waals surface area contributed by atoms with Crippen LogP contribution < -0.4 is 11.1 Å². The number of carbonyl (C=O) groups is 1. The highest BCUT2D eigenvalue weighted by atomic mass is 16.1. The smallest absolute Gasteiger partial charge is 0.220 e. The summed E-state index contributed by atoms with van der Waals surface area (Å²) in [5, 5.41) is 3.18. The van der Waals surface area contributed by atoms with Gasteiger partial charge in [-0.1, -0.05) is 133 Å². The fraction of sp³-hybridized carbons (Fsp3) is 0.727. The highest BCUT2D eigenvalue weighted by molar-refractivity contribution is 5.76. The van der Waals surface area contributed by atoms with Crippen LogP contribution in [0.2, 0.25) is 0 Å². The van der Waals surface area contributed by atoms with Crippen molar-refractivity contribution >= 4 is 5.91 Å². The Morgan fingerprint density at radius 2 is 1.25 bits per heavy atom. The second-order valence-corrected chi connectivity index (χ2v) is 10.7. The number of rotatable bonds is 24. The SMILES string of the molecule is CCCCCCCC/C=C\CCCCCCCCCCCC(=O)NC(CC)C(N)Cc1ccccc1. The minimum absolute atomic E-state index is 0.0394. The summed E-state index contributed by atoms with van der Waals surface area (Å²) in [6, 6.07) is 10.3. The minimum atomic E-state index is -0.0394. The van der Waals surface area contributed by atoms with Crippen molar-refractivity contribution in [3.63, 3.8) is 0 Å². The molecule has 0 saturated carbocycles. The van der Waals surface area contributed by atoms with Gasteiger partial charge in [0.2, 0.25) is 5.91 Å². The first-order valence-corrected chi connectivity index (χ1v) is 15.4. The number of allylic oxidation sites excluding steroid dienone is 2. The molecule has 1 amide bonds. The highest BCUT2D eigenvalue weighted by Crippen LogP contribution is 2.13. The summed E-state index contributed by atoms with van der Waals surface area (Å²) in [5.74, 6) is 0.159. The van der Waals surface area contributed by atoms with Crippen molar-refractivity contribution in [1.82, 2.24) is 5.32 Å². The van der Waals surface area contributed by atoms with Crippen molar-refractivity contribution in [2.45, 2.75) is 154 Å². The molecule has 36 heavy (non-hydrogen) atoms. The van der Waals surface area contributed by atoms with Crippen LogP contribution in [0.25, 0.3) is 0 Å². The van der Waals surface area contributed by atoms with E-state index in [2.05, 4.69) is 43.4 Å². The first-order chi connectivity index (χ1) is 17.7. The van der Waals surface area contributed by atoms with Crippen LogP contribution in [0.5, 0.6) is 0 Å². The average Bonchev–Trinajstić information content (AvgIpc) is 2.89. The Morgan fingerprint density at radius 3 is 1.78 bits per heavy atom. The largest absolute Gasteiger partial charge is 0.352 e. The van der Waals surface area contributed by atoms with E-state index < -0.39 is 0 Å². The molecule has 206 valence electrons. The first kappa shape index (κ1) is 32.4. The molecule has 1 aromatic rings. The van der Waals surface area contributed by atoms with Crippen LogP contribution >= 0.6 is 0 Å². The third kappa shape index (κ3) is 18.6. The van der Waals surface area contributed by atoms with Crippen LogP contribution in [-0.2, 0) is 11.2 Å². The fourth-order valence-electron chi connectivity index (χ4n) is 4.88.